The number of aromatic nitrogens is 2. The Kier molecular flexibility index (Phi) is 7.10. The summed E-state index contributed by atoms with van der Waals surface area (Å²) in [6, 6.07) is 13.7. The number of carbonyl (C=O) groups excluding carboxylic acids is 1. The van der Waals surface area contributed by atoms with Crippen molar-refractivity contribution in [1.29, 1.82) is 0 Å². The van der Waals surface area contributed by atoms with Crippen LogP contribution in [0.1, 0.15) is 16.7 Å². The first-order valence-corrected chi connectivity index (χ1v) is 9.44. The number of ether oxygens (including phenoxy) is 2. The lowest BCUT2D eigenvalue weighted by Crippen LogP contribution is -2.36. The topological polar surface area (TPSA) is 77.4 Å². The Morgan fingerprint density at radius 2 is 1.83 bits per heavy atom. The minimum atomic E-state index is -0.189. The molecule has 1 aromatic heterocycles. The van der Waals surface area contributed by atoms with Crippen LogP contribution in [0, 0.1) is 0 Å². The van der Waals surface area contributed by atoms with Crippen LogP contribution in [0.15, 0.2) is 61.2 Å². The SMILES string of the molecule is COc1ccc(CCNC(=O)NCc2cccc(Cn3ccnc3)c2)cc1OC. The number of urea groups is 1. The number of hydrogen-bond donors (Lipinski definition) is 2. The van der Waals surface area contributed by atoms with E-state index in [1.165, 1.54) is 0 Å². The van der Waals surface area contributed by atoms with Crippen LogP contribution in [0.4, 0.5) is 4.79 Å². The summed E-state index contributed by atoms with van der Waals surface area (Å²) in [4.78, 5) is 16.1. The molecule has 2 aromatic carbocycles. The van der Waals surface area contributed by atoms with E-state index < -0.39 is 0 Å². The van der Waals surface area contributed by atoms with Crippen LogP contribution in [0.3, 0.4) is 0 Å². The van der Waals surface area contributed by atoms with Gasteiger partial charge < -0.3 is 24.7 Å². The maximum Gasteiger partial charge on any atom is 0.315 e. The number of nitrogens with zero attached hydrogens (tertiary/aromatic N) is 2. The predicted molar refractivity (Wildman–Crippen MR) is 111 cm³/mol. The predicted octanol–water partition coefficient (Wildman–Crippen LogP) is 2.99. The molecule has 0 radical (unpaired) electrons. The van der Waals surface area contributed by atoms with Gasteiger partial charge in [0.2, 0.25) is 0 Å². The fourth-order valence-corrected chi connectivity index (χ4v) is 3.03. The van der Waals surface area contributed by atoms with Gasteiger partial charge in [-0.1, -0.05) is 30.3 Å². The van der Waals surface area contributed by atoms with Crippen molar-refractivity contribution in [2.24, 2.45) is 0 Å². The molecule has 7 nitrogen and oxygen atoms in total. The highest BCUT2D eigenvalue weighted by Crippen LogP contribution is 2.27. The summed E-state index contributed by atoms with van der Waals surface area (Å²) in [6.07, 6.45) is 6.18. The number of hydrogen-bond acceptors (Lipinski definition) is 4. The van der Waals surface area contributed by atoms with Crippen LogP contribution in [0.2, 0.25) is 0 Å². The van der Waals surface area contributed by atoms with Gasteiger partial charge in [-0.2, -0.15) is 0 Å². The average molecular weight is 394 g/mol. The third-order valence-electron chi connectivity index (χ3n) is 4.52. The van der Waals surface area contributed by atoms with Crippen molar-refractivity contribution >= 4 is 6.03 Å². The first kappa shape index (κ1) is 20.3. The van der Waals surface area contributed by atoms with Crippen LogP contribution in [-0.2, 0) is 19.5 Å². The zero-order valence-electron chi connectivity index (χ0n) is 16.7. The van der Waals surface area contributed by atoms with Gasteiger partial charge in [-0.05, 0) is 35.2 Å². The van der Waals surface area contributed by atoms with E-state index in [1.54, 1.807) is 26.7 Å². The van der Waals surface area contributed by atoms with Crippen molar-refractivity contribution in [2.75, 3.05) is 20.8 Å². The maximum atomic E-state index is 12.1. The number of methoxy groups -OCH3 is 2. The van der Waals surface area contributed by atoms with Crippen LogP contribution >= 0.6 is 0 Å². The summed E-state index contributed by atoms with van der Waals surface area (Å²) in [5, 5.41) is 5.78. The average Bonchev–Trinajstić information content (AvgIpc) is 3.25. The molecule has 0 atom stereocenters. The second-order valence-corrected chi connectivity index (χ2v) is 6.60. The van der Waals surface area contributed by atoms with Crippen LogP contribution in [-0.4, -0.2) is 36.3 Å². The Morgan fingerprint density at radius 3 is 2.59 bits per heavy atom. The minimum Gasteiger partial charge on any atom is -0.493 e. The smallest absolute Gasteiger partial charge is 0.315 e. The van der Waals surface area contributed by atoms with Gasteiger partial charge in [-0.25, -0.2) is 9.78 Å². The number of nitrogens with one attached hydrogen (secondary N) is 2. The summed E-state index contributed by atoms with van der Waals surface area (Å²) in [6.45, 7) is 1.76. The number of rotatable bonds is 9. The van der Waals surface area contributed by atoms with E-state index in [0.717, 1.165) is 23.2 Å². The molecule has 7 heteroatoms. The first-order valence-electron chi connectivity index (χ1n) is 9.44. The molecule has 1 heterocycles. The van der Waals surface area contributed by atoms with E-state index in [1.807, 2.05) is 41.1 Å². The molecule has 0 fully saturated rings. The number of carbonyl (C=O) groups is 1. The summed E-state index contributed by atoms with van der Waals surface area (Å²) in [7, 11) is 3.22. The Morgan fingerprint density at radius 1 is 1.00 bits per heavy atom. The van der Waals surface area contributed by atoms with Crippen molar-refractivity contribution in [3.63, 3.8) is 0 Å². The molecule has 3 aromatic rings. The molecule has 3 rings (SSSR count). The molecule has 29 heavy (non-hydrogen) atoms. The van der Waals surface area contributed by atoms with E-state index in [4.69, 9.17) is 9.47 Å². The molecule has 0 aliphatic rings. The Bertz CT molecular complexity index is 926. The van der Waals surface area contributed by atoms with Crippen molar-refractivity contribution < 1.29 is 14.3 Å². The Hall–Kier alpha value is -3.48. The van der Waals surface area contributed by atoms with Gasteiger partial charge in [0.05, 0.1) is 20.5 Å². The summed E-state index contributed by atoms with van der Waals surface area (Å²) in [5.41, 5.74) is 3.28. The third kappa shape index (κ3) is 6.00. The van der Waals surface area contributed by atoms with E-state index in [9.17, 15) is 4.79 Å². The number of amides is 2. The minimum absolute atomic E-state index is 0.189. The van der Waals surface area contributed by atoms with Gasteiger partial charge in [0.1, 0.15) is 0 Å². The number of imidazole rings is 1. The van der Waals surface area contributed by atoms with E-state index in [-0.39, 0.29) is 6.03 Å². The van der Waals surface area contributed by atoms with Crippen molar-refractivity contribution in [2.45, 2.75) is 19.5 Å². The van der Waals surface area contributed by atoms with E-state index in [2.05, 4.69) is 27.8 Å². The summed E-state index contributed by atoms with van der Waals surface area (Å²) < 4.78 is 12.5. The van der Waals surface area contributed by atoms with Gasteiger partial charge in [0, 0.05) is 32.0 Å². The molecular formula is C22H26N4O3. The highest BCUT2D eigenvalue weighted by atomic mass is 16.5. The van der Waals surface area contributed by atoms with Gasteiger partial charge in [-0.3, -0.25) is 0 Å². The molecule has 0 saturated heterocycles. The maximum absolute atomic E-state index is 12.1. The van der Waals surface area contributed by atoms with Crippen LogP contribution < -0.4 is 20.1 Å². The normalized spacial score (nSPS) is 10.4. The molecule has 0 saturated carbocycles. The molecule has 0 spiro atoms. The highest BCUT2D eigenvalue weighted by molar-refractivity contribution is 5.73. The lowest BCUT2D eigenvalue weighted by atomic mass is 10.1. The Balaban J connectivity index is 1.43. The molecular weight excluding hydrogens is 368 g/mol. The fraction of sp³-hybridized carbons (Fsp3) is 0.273. The van der Waals surface area contributed by atoms with Crippen LogP contribution in [0.25, 0.3) is 0 Å². The fourth-order valence-electron chi connectivity index (χ4n) is 3.03. The Labute approximate surface area is 170 Å². The molecule has 0 aliphatic heterocycles. The second-order valence-electron chi connectivity index (χ2n) is 6.60. The lowest BCUT2D eigenvalue weighted by Gasteiger charge is -2.11. The highest BCUT2D eigenvalue weighted by Gasteiger charge is 2.06. The molecule has 2 N–H and O–H groups in total. The van der Waals surface area contributed by atoms with E-state index in [0.29, 0.717) is 31.0 Å². The molecule has 0 aliphatic carbocycles. The summed E-state index contributed by atoms with van der Waals surface area (Å²) >= 11 is 0. The molecule has 0 unspecified atom stereocenters. The first-order chi connectivity index (χ1) is 14.2. The van der Waals surface area contributed by atoms with Gasteiger partial charge in [0.15, 0.2) is 11.5 Å². The van der Waals surface area contributed by atoms with Gasteiger partial charge >= 0.3 is 6.03 Å². The number of benzene rings is 2. The third-order valence-corrected chi connectivity index (χ3v) is 4.52. The standard InChI is InChI=1S/C22H26N4O3/c1-28-20-7-6-17(13-21(20)29-2)8-9-24-22(27)25-14-18-4-3-5-19(12-18)15-26-11-10-23-16-26/h3-7,10-13,16H,8-9,14-15H2,1-2H3,(H2,24,25,27). The summed E-state index contributed by atoms with van der Waals surface area (Å²) in [5.74, 6) is 1.38. The quantitative estimate of drug-likeness (QED) is 0.585. The molecule has 152 valence electrons. The molecule has 2 amide bonds. The second kappa shape index (κ2) is 10.2. The van der Waals surface area contributed by atoms with Gasteiger partial charge in [-0.15, -0.1) is 0 Å². The zero-order valence-corrected chi connectivity index (χ0v) is 16.7. The van der Waals surface area contributed by atoms with Gasteiger partial charge in [0.25, 0.3) is 0 Å². The van der Waals surface area contributed by atoms with Crippen molar-refractivity contribution in [3.05, 3.63) is 77.9 Å². The van der Waals surface area contributed by atoms with Crippen molar-refractivity contribution in [3.8, 4) is 11.5 Å². The largest absolute Gasteiger partial charge is 0.493 e. The molecule has 0 bridgehead atoms. The monoisotopic (exact) mass is 394 g/mol. The zero-order chi connectivity index (χ0) is 20.5. The van der Waals surface area contributed by atoms with E-state index >= 15 is 0 Å². The van der Waals surface area contributed by atoms with Crippen molar-refractivity contribution in [1.82, 2.24) is 20.2 Å². The lowest BCUT2D eigenvalue weighted by molar-refractivity contribution is 0.240. The van der Waals surface area contributed by atoms with Crippen LogP contribution in [0.5, 0.6) is 11.5 Å².